The van der Waals surface area contributed by atoms with Crippen molar-refractivity contribution in [2.24, 2.45) is 11.8 Å². The van der Waals surface area contributed by atoms with Gasteiger partial charge in [0.1, 0.15) is 0 Å². The van der Waals surface area contributed by atoms with Gasteiger partial charge in [-0.05, 0) is 18.4 Å². The molecule has 2 heteroatoms. The van der Waals surface area contributed by atoms with Crippen LogP contribution in [-0.4, -0.2) is 18.0 Å². The van der Waals surface area contributed by atoms with E-state index in [1.807, 2.05) is 0 Å². The molecule has 0 amide bonds. The van der Waals surface area contributed by atoms with Gasteiger partial charge in [0.05, 0.1) is 12.0 Å². The van der Waals surface area contributed by atoms with Crippen molar-refractivity contribution in [1.82, 2.24) is 4.90 Å². The summed E-state index contributed by atoms with van der Waals surface area (Å²) in [4.78, 5) is 2.47. The van der Waals surface area contributed by atoms with E-state index in [1.165, 1.54) is 11.1 Å². The third-order valence-electron chi connectivity index (χ3n) is 4.12. The molecule has 2 unspecified atom stereocenters. The molecule has 0 bridgehead atoms. The zero-order valence-corrected chi connectivity index (χ0v) is 10.5. The van der Waals surface area contributed by atoms with Crippen LogP contribution in [0.3, 0.4) is 0 Å². The smallest absolute Gasteiger partial charge is 0.0662 e. The Kier molecular flexibility index (Phi) is 3.17. The van der Waals surface area contributed by atoms with Crippen molar-refractivity contribution in [3.63, 3.8) is 0 Å². The van der Waals surface area contributed by atoms with Gasteiger partial charge in [0.2, 0.25) is 0 Å². The lowest BCUT2D eigenvalue weighted by atomic mass is 9.81. The van der Waals surface area contributed by atoms with E-state index in [1.54, 1.807) is 0 Å². The number of nitriles is 1. The van der Waals surface area contributed by atoms with Gasteiger partial charge < -0.3 is 0 Å². The third-order valence-corrected chi connectivity index (χ3v) is 4.12. The van der Waals surface area contributed by atoms with Crippen LogP contribution in [0.2, 0.25) is 0 Å². The number of hydrogen-bond donors (Lipinski definition) is 0. The number of nitrogens with zero attached hydrogens (tertiary/aromatic N) is 2. The molecule has 1 aromatic rings. The lowest BCUT2D eigenvalue weighted by Gasteiger charge is -2.21. The first-order valence-electron chi connectivity index (χ1n) is 6.71. The molecule has 0 aromatic heterocycles. The molecule has 0 N–H and O–H groups in total. The average Bonchev–Trinajstić information content (AvgIpc) is 2.82. The van der Waals surface area contributed by atoms with Gasteiger partial charge in [-0.1, -0.05) is 42.0 Å². The first-order chi connectivity index (χ1) is 8.86. The van der Waals surface area contributed by atoms with Crippen molar-refractivity contribution in [3.8, 4) is 6.07 Å². The molecule has 1 aliphatic heterocycles. The molecule has 2 aliphatic rings. The number of likely N-dealkylation sites (tertiary alicyclic amines) is 1. The molecule has 1 aromatic carbocycles. The molecular weight excluding hydrogens is 220 g/mol. The molecule has 0 radical (unpaired) electrons. The Morgan fingerprint density at radius 3 is 2.89 bits per heavy atom. The molecule has 1 aliphatic carbocycles. The second-order valence-corrected chi connectivity index (χ2v) is 5.35. The minimum Gasteiger partial charge on any atom is -0.295 e. The fraction of sp³-hybridized carbons (Fsp3) is 0.438. The summed E-state index contributed by atoms with van der Waals surface area (Å²) in [5.41, 5.74) is 2.87. The van der Waals surface area contributed by atoms with Crippen LogP contribution in [0.15, 0.2) is 42.0 Å². The SMILES string of the molecule is N#CC1CCC=C2CN(Cc3ccccc3)CC21. The highest BCUT2D eigenvalue weighted by atomic mass is 15.1. The molecule has 1 fully saturated rings. The summed E-state index contributed by atoms with van der Waals surface area (Å²) in [5, 5.41) is 9.22. The molecule has 0 saturated carbocycles. The highest BCUT2D eigenvalue weighted by molar-refractivity contribution is 5.23. The van der Waals surface area contributed by atoms with Crippen LogP contribution in [0.4, 0.5) is 0 Å². The quantitative estimate of drug-likeness (QED) is 0.741. The van der Waals surface area contributed by atoms with Crippen LogP contribution < -0.4 is 0 Å². The largest absolute Gasteiger partial charge is 0.295 e. The number of fused-ring (bicyclic) bond motifs is 1. The monoisotopic (exact) mass is 238 g/mol. The fourth-order valence-electron chi connectivity index (χ4n) is 3.20. The summed E-state index contributed by atoms with van der Waals surface area (Å²) in [6.07, 6.45) is 4.50. The molecule has 2 nitrogen and oxygen atoms in total. The Morgan fingerprint density at radius 2 is 2.11 bits per heavy atom. The van der Waals surface area contributed by atoms with Crippen molar-refractivity contribution in [3.05, 3.63) is 47.5 Å². The number of benzene rings is 1. The minimum absolute atomic E-state index is 0.241. The Bertz CT molecular complexity index is 484. The van der Waals surface area contributed by atoms with Gasteiger partial charge >= 0.3 is 0 Å². The first kappa shape index (κ1) is 11.5. The van der Waals surface area contributed by atoms with Gasteiger partial charge in [-0.25, -0.2) is 0 Å². The lowest BCUT2D eigenvalue weighted by Crippen LogP contribution is -2.23. The highest BCUT2D eigenvalue weighted by Crippen LogP contribution is 2.36. The zero-order chi connectivity index (χ0) is 12.4. The normalized spacial score (nSPS) is 27.4. The van der Waals surface area contributed by atoms with Crippen LogP contribution in [0.1, 0.15) is 18.4 Å². The van der Waals surface area contributed by atoms with E-state index in [0.717, 1.165) is 32.5 Å². The van der Waals surface area contributed by atoms with Crippen LogP contribution >= 0.6 is 0 Å². The van der Waals surface area contributed by atoms with E-state index in [0.29, 0.717) is 5.92 Å². The molecular formula is C16H18N2. The van der Waals surface area contributed by atoms with Gasteiger partial charge in [0.15, 0.2) is 0 Å². The Hall–Kier alpha value is -1.59. The Morgan fingerprint density at radius 1 is 1.28 bits per heavy atom. The van der Waals surface area contributed by atoms with Gasteiger partial charge in [0.25, 0.3) is 0 Å². The van der Waals surface area contributed by atoms with Gasteiger partial charge in [0, 0.05) is 25.6 Å². The number of hydrogen-bond acceptors (Lipinski definition) is 2. The Labute approximate surface area is 109 Å². The predicted octanol–water partition coefficient (Wildman–Crippen LogP) is 2.98. The van der Waals surface area contributed by atoms with Crippen LogP contribution in [0.5, 0.6) is 0 Å². The van der Waals surface area contributed by atoms with E-state index in [2.05, 4.69) is 47.4 Å². The first-order valence-corrected chi connectivity index (χ1v) is 6.71. The summed E-state index contributed by atoms with van der Waals surface area (Å²) in [6.45, 7) is 3.11. The van der Waals surface area contributed by atoms with E-state index in [4.69, 9.17) is 0 Å². The van der Waals surface area contributed by atoms with Crippen LogP contribution in [0, 0.1) is 23.2 Å². The molecule has 3 rings (SSSR count). The second kappa shape index (κ2) is 4.96. The summed E-state index contributed by atoms with van der Waals surface area (Å²) in [7, 11) is 0. The predicted molar refractivity (Wildman–Crippen MR) is 71.6 cm³/mol. The van der Waals surface area contributed by atoms with E-state index in [-0.39, 0.29) is 5.92 Å². The van der Waals surface area contributed by atoms with Crippen molar-refractivity contribution in [1.29, 1.82) is 5.26 Å². The van der Waals surface area contributed by atoms with Crippen LogP contribution in [0.25, 0.3) is 0 Å². The van der Waals surface area contributed by atoms with Gasteiger partial charge in [-0.2, -0.15) is 5.26 Å². The Balaban J connectivity index is 1.70. The standard InChI is InChI=1S/C16H18N2/c17-9-14-7-4-8-15-11-18(12-16(14)15)10-13-5-2-1-3-6-13/h1-3,5-6,8,14,16H,4,7,10-12H2. The average molecular weight is 238 g/mol. The van der Waals surface area contributed by atoms with Gasteiger partial charge in [-0.3, -0.25) is 4.90 Å². The van der Waals surface area contributed by atoms with Crippen molar-refractivity contribution in [2.75, 3.05) is 13.1 Å². The molecule has 1 saturated heterocycles. The molecule has 2 atom stereocenters. The van der Waals surface area contributed by atoms with Crippen molar-refractivity contribution < 1.29 is 0 Å². The van der Waals surface area contributed by atoms with E-state index >= 15 is 0 Å². The maximum atomic E-state index is 9.22. The maximum absolute atomic E-state index is 9.22. The van der Waals surface area contributed by atoms with Crippen molar-refractivity contribution in [2.45, 2.75) is 19.4 Å². The zero-order valence-electron chi connectivity index (χ0n) is 10.5. The summed E-state index contributed by atoms with van der Waals surface area (Å²) < 4.78 is 0. The van der Waals surface area contributed by atoms with Crippen LogP contribution in [-0.2, 0) is 6.54 Å². The fourth-order valence-corrected chi connectivity index (χ4v) is 3.20. The molecule has 0 spiro atoms. The molecule has 18 heavy (non-hydrogen) atoms. The summed E-state index contributed by atoms with van der Waals surface area (Å²) in [6, 6.07) is 13.1. The summed E-state index contributed by atoms with van der Waals surface area (Å²) in [5.74, 6) is 0.734. The molecule has 1 heterocycles. The number of rotatable bonds is 2. The molecule has 92 valence electrons. The summed E-state index contributed by atoms with van der Waals surface area (Å²) >= 11 is 0. The van der Waals surface area contributed by atoms with Gasteiger partial charge in [-0.15, -0.1) is 0 Å². The topological polar surface area (TPSA) is 27.0 Å². The van der Waals surface area contributed by atoms with Crippen molar-refractivity contribution >= 4 is 0 Å². The van der Waals surface area contributed by atoms with E-state index in [9.17, 15) is 5.26 Å². The lowest BCUT2D eigenvalue weighted by molar-refractivity contribution is 0.297. The number of allylic oxidation sites excluding steroid dienone is 1. The minimum atomic E-state index is 0.241. The van der Waals surface area contributed by atoms with E-state index < -0.39 is 0 Å². The maximum Gasteiger partial charge on any atom is 0.0662 e. The second-order valence-electron chi connectivity index (χ2n) is 5.35. The third kappa shape index (κ3) is 2.19. The highest BCUT2D eigenvalue weighted by Gasteiger charge is 2.35.